The summed E-state index contributed by atoms with van der Waals surface area (Å²) >= 11 is 0. The molecule has 0 bridgehead atoms. The summed E-state index contributed by atoms with van der Waals surface area (Å²) in [6, 6.07) is 31.0. The number of benzene rings is 3. The van der Waals surface area contributed by atoms with Crippen LogP contribution in [0, 0.1) is 12.8 Å². The number of nitrogens with zero attached hydrogens (tertiary/aromatic N) is 4. The zero-order valence-corrected chi connectivity index (χ0v) is 24.5. The topological polar surface area (TPSA) is 75.1 Å². The van der Waals surface area contributed by atoms with Crippen molar-refractivity contribution in [3.8, 4) is 16.9 Å². The summed E-state index contributed by atoms with van der Waals surface area (Å²) in [6.07, 6.45) is 4.14. The molecular formula is C35H38N6O. The molecule has 2 N–H and O–H groups in total. The minimum Gasteiger partial charge on any atom is -0.362 e. The largest absolute Gasteiger partial charge is 0.362 e. The fourth-order valence-corrected chi connectivity index (χ4v) is 6.06. The number of carbonyl (C=O) groups excluding carboxylic acids is 1. The smallest absolute Gasteiger partial charge is 0.253 e. The van der Waals surface area contributed by atoms with Crippen molar-refractivity contribution in [2.75, 3.05) is 30.9 Å². The zero-order valence-electron chi connectivity index (χ0n) is 24.5. The molecule has 0 saturated heterocycles. The Kier molecular flexibility index (Phi) is 7.91. The molecule has 0 atom stereocenters. The van der Waals surface area contributed by atoms with Gasteiger partial charge in [0.1, 0.15) is 5.82 Å². The van der Waals surface area contributed by atoms with Crippen LogP contribution in [0.5, 0.6) is 0 Å². The molecule has 0 aliphatic heterocycles. The summed E-state index contributed by atoms with van der Waals surface area (Å²) < 4.78 is 2.18. The normalized spacial score (nSPS) is 16.7. The third kappa shape index (κ3) is 5.73. The lowest BCUT2D eigenvalue weighted by Gasteiger charge is -2.29. The number of aromatic nitrogens is 3. The monoisotopic (exact) mass is 558 g/mol. The van der Waals surface area contributed by atoms with Gasteiger partial charge >= 0.3 is 0 Å². The number of hydrogen-bond donors (Lipinski definition) is 2. The minimum atomic E-state index is -0.0135. The van der Waals surface area contributed by atoms with E-state index in [2.05, 4.69) is 45.5 Å². The molecule has 0 unspecified atom stereocenters. The Morgan fingerprint density at radius 1 is 0.881 bits per heavy atom. The first-order chi connectivity index (χ1) is 20.5. The van der Waals surface area contributed by atoms with E-state index in [1.165, 1.54) is 0 Å². The highest BCUT2D eigenvalue weighted by Crippen LogP contribution is 2.31. The Hall–Kier alpha value is -4.65. The fourth-order valence-electron chi connectivity index (χ4n) is 6.06. The summed E-state index contributed by atoms with van der Waals surface area (Å²) in [7, 11) is 4.03. The lowest BCUT2D eigenvalue weighted by Crippen LogP contribution is -2.34. The van der Waals surface area contributed by atoms with Crippen molar-refractivity contribution in [3.05, 3.63) is 102 Å². The second-order valence-corrected chi connectivity index (χ2v) is 11.4. The van der Waals surface area contributed by atoms with E-state index in [0.29, 0.717) is 24.5 Å². The average molecular weight is 559 g/mol. The molecule has 1 saturated carbocycles. The van der Waals surface area contributed by atoms with Gasteiger partial charge in [0.05, 0.1) is 16.8 Å². The summed E-state index contributed by atoms with van der Waals surface area (Å²) in [5.74, 6) is 2.04. The van der Waals surface area contributed by atoms with Crippen LogP contribution in [0.3, 0.4) is 0 Å². The highest BCUT2D eigenvalue weighted by atomic mass is 16.1. The maximum Gasteiger partial charge on any atom is 0.253 e. The van der Waals surface area contributed by atoms with Crippen molar-refractivity contribution < 1.29 is 4.79 Å². The van der Waals surface area contributed by atoms with E-state index in [4.69, 9.17) is 9.97 Å². The Morgan fingerprint density at radius 3 is 2.26 bits per heavy atom. The first-order valence-electron chi connectivity index (χ1n) is 14.8. The number of rotatable bonds is 8. The predicted molar refractivity (Wildman–Crippen MR) is 172 cm³/mol. The van der Waals surface area contributed by atoms with Crippen molar-refractivity contribution in [2.45, 2.75) is 38.6 Å². The van der Waals surface area contributed by atoms with Crippen molar-refractivity contribution in [3.63, 3.8) is 0 Å². The van der Waals surface area contributed by atoms with Gasteiger partial charge in [-0.1, -0.05) is 60.7 Å². The highest BCUT2D eigenvalue weighted by molar-refractivity contribution is 5.97. The van der Waals surface area contributed by atoms with E-state index < -0.39 is 0 Å². The molecule has 0 radical (unpaired) electrons. The molecule has 214 valence electrons. The molecule has 1 fully saturated rings. The average Bonchev–Trinajstić information content (AvgIpc) is 3.38. The van der Waals surface area contributed by atoms with E-state index in [9.17, 15) is 4.79 Å². The molecular weight excluding hydrogens is 520 g/mol. The molecule has 5 aromatic rings. The number of para-hydroxylation sites is 2. The van der Waals surface area contributed by atoms with E-state index in [1.54, 1.807) is 0 Å². The first kappa shape index (κ1) is 27.5. The van der Waals surface area contributed by atoms with Gasteiger partial charge in [0.2, 0.25) is 5.95 Å². The van der Waals surface area contributed by atoms with E-state index in [1.807, 2.05) is 86.6 Å². The van der Waals surface area contributed by atoms with Crippen LogP contribution in [0.15, 0.2) is 91.0 Å². The number of carbonyl (C=O) groups is 1. The number of anilines is 2. The fraction of sp³-hybridized carbons (Fsp3) is 0.286. The van der Waals surface area contributed by atoms with Gasteiger partial charge in [0, 0.05) is 43.4 Å². The van der Waals surface area contributed by atoms with Gasteiger partial charge in [-0.2, -0.15) is 4.98 Å². The van der Waals surface area contributed by atoms with Crippen LogP contribution in [0.25, 0.3) is 27.8 Å². The van der Waals surface area contributed by atoms with Gasteiger partial charge in [-0.3, -0.25) is 4.79 Å². The molecule has 3 aromatic carbocycles. The van der Waals surface area contributed by atoms with Crippen molar-refractivity contribution in [1.29, 1.82) is 0 Å². The molecule has 42 heavy (non-hydrogen) atoms. The van der Waals surface area contributed by atoms with Crippen LogP contribution in [0.4, 0.5) is 11.8 Å². The van der Waals surface area contributed by atoms with Crippen LogP contribution in [-0.2, 0) is 0 Å². The van der Waals surface area contributed by atoms with Crippen LogP contribution in [-0.4, -0.2) is 47.1 Å². The summed E-state index contributed by atoms with van der Waals surface area (Å²) in [4.78, 5) is 25.1. The maximum absolute atomic E-state index is 13.5. The number of hydrogen-bond acceptors (Lipinski definition) is 5. The summed E-state index contributed by atoms with van der Waals surface area (Å²) in [5, 5.41) is 7.90. The lowest BCUT2D eigenvalue weighted by atomic mass is 9.86. The van der Waals surface area contributed by atoms with Gasteiger partial charge in [-0.15, -0.1) is 0 Å². The Bertz CT molecular complexity index is 1670. The Labute approximate surface area is 247 Å². The van der Waals surface area contributed by atoms with E-state index >= 15 is 0 Å². The van der Waals surface area contributed by atoms with Crippen molar-refractivity contribution in [1.82, 2.24) is 19.9 Å². The van der Waals surface area contributed by atoms with E-state index in [-0.39, 0.29) is 5.91 Å². The van der Waals surface area contributed by atoms with Crippen molar-refractivity contribution >= 4 is 28.6 Å². The lowest BCUT2D eigenvalue weighted by molar-refractivity contribution is 0.0942. The van der Waals surface area contributed by atoms with Crippen molar-refractivity contribution in [2.24, 2.45) is 5.92 Å². The van der Waals surface area contributed by atoms with Crippen LogP contribution in [0.1, 0.15) is 41.7 Å². The minimum absolute atomic E-state index is 0.0135. The third-order valence-electron chi connectivity index (χ3n) is 8.31. The number of amides is 1. The van der Waals surface area contributed by atoms with Crippen LogP contribution in [0.2, 0.25) is 0 Å². The van der Waals surface area contributed by atoms with Crippen LogP contribution < -0.4 is 15.5 Å². The third-order valence-corrected chi connectivity index (χ3v) is 8.31. The summed E-state index contributed by atoms with van der Waals surface area (Å²) in [6.45, 7) is 2.71. The zero-order chi connectivity index (χ0) is 29.1. The molecule has 0 spiro atoms. The highest BCUT2D eigenvalue weighted by Gasteiger charge is 2.24. The second kappa shape index (κ2) is 12.1. The van der Waals surface area contributed by atoms with Gasteiger partial charge < -0.3 is 20.1 Å². The van der Waals surface area contributed by atoms with Gasteiger partial charge in [-0.25, -0.2) is 4.98 Å². The number of nitrogens with one attached hydrogen (secondary N) is 2. The van der Waals surface area contributed by atoms with E-state index in [0.717, 1.165) is 70.6 Å². The number of fused-ring (bicyclic) bond motifs is 1. The quantitative estimate of drug-likeness (QED) is 0.218. The van der Waals surface area contributed by atoms with Gasteiger partial charge in [0.15, 0.2) is 0 Å². The molecule has 2 heterocycles. The molecule has 7 heteroatoms. The molecule has 1 aliphatic rings. The Morgan fingerprint density at radius 2 is 1.55 bits per heavy atom. The van der Waals surface area contributed by atoms with Crippen LogP contribution >= 0.6 is 0 Å². The standard InChI is InChI=1S/C35H38N6O/c1-24-30(22-32(26-12-6-4-7-13-26)41(24)28-14-8-5-9-15-28)34(42)36-23-25-18-20-27(21-19-25)37-35-38-31-17-11-10-16-29(31)33(39-35)40(2)3/h4-17,22,25,27H,18-21,23H2,1-3H3,(H,36,42)(H,37,38,39). The molecule has 1 aliphatic carbocycles. The molecule has 2 aromatic heterocycles. The predicted octanol–water partition coefficient (Wildman–Crippen LogP) is 6.86. The summed E-state index contributed by atoms with van der Waals surface area (Å²) in [5.41, 5.74) is 5.76. The second-order valence-electron chi connectivity index (χ2n) is 11.4. The molecule has 1 amide bonds. The first-order valence-corrected chi connectivity index (χ1v) is 14.8. The molecule has 6 rings (SSSR count). The molecule has 7 nitrogen and oxygen atoms in total. The van der Waals surface area contributed by atoms with Gasteiger partial charge in [-0.05, 0) is 74.4 Å². The SMILES string of the molecule is Cc1c(C(=O)NCC2CCC(Nc3nc(N(C)C)c4ccccc4n3)CC2)cc(-c2ccccc2)n1-c1ccccc1. The van der Waals surface area contributed by atoms with Gasteiger partial charge in [0.25, 0.3) is 5.91 Å². The Balaban J connectivity index is 1.10. The maximum atomic E-state index is 13.5.